The van der Waals surface area contributed by atoms with Crippen molar-refractivity contribution in [2.75, 3.05) is 19.9 Å². The van der Waals surface area contributed by atoms with Gasteiger partial charge in [-0.15, -0.1) is 0 Å². The first-order chi connectivity index (χ1) is 15.7. The maximum atomic E-state index is 12.6. The predicted octanol–water partition coefficient (Wildman–Crippen LogP) is 0.292. The van der Waals surface area contributed by atoms with Gasteiger partial charge in [0.05, 0.1) is 6.26 Å². The smallest absolute Gasteiger partial charge is 0.264 e. The molecule has 0 unspecified atom stereocenters. The van der Waals surface area contributed by atoms with E-state index in [4.69, 9.17) is 13.7 Å². The number of ether oxygens (including phenoxy) is 2. The lowest BCUT2D eigenvalue weighted by Gasteiger charge is -2.43. The third-order valence-corrected chi connectivity index (χ3v) is 5.63. The SMILES string of the molecule is CO[C@@H]1[C@@H](NC(=O)c2ccccc2)[C@H](O)O[C@H](CNC(=O)c2ccccc2)[C@H]1OS(C)(=O)=O. The maximum absolute atomic E-state index is 12.6. The second-order valence-electron chi connectivity index (χ2n) is 7.47. The van der Waals surface area contributed by atoms with Crippen molar-refractivity contribution in [3.8, 4) is 0 Å². The van der Waals surface area contributed by atoms with E-state index in [1.165, 1.54) is 7.11 Å². The van der Waals surface area contributed by atoms with Crippen molar-refractivity contribution in [2.24, 2.45) is 0 Å². The Bertz CT molecular complexity index is 1050. The summed E-state index contributed by atoms with van der Waals surface area (Å²) in [5, 5.41) is 15.9. The molecule has 2 amide bonds. The van der Waals surface area contributed by atoms with Gasteiger partial charge in [0.15, 0.2) is 6.29 Å². The van der Waals surface area contributed by atoms with Crippen LogP contribution in [0.2, 0.25) is 0 Å². The van der Waals surface area contributed by atoms with Gasteiger partial charge in [-0.3, -0.25) is 13.8 Å². The minimum Gasteiger partial charge on any atom is -0.376 e. The lowest BCUT2D eigenvalue weighted by atomic mass is 9.96. The van der Waals surface area contributed by atoms with Crippen LogP contribution in [0.15, 0.2) is 60.7 Å². The van der Waals surface area contributed by atoms with Crippen molar-refractivity contribution < 1.29 is 36.8 Å². The highest BCUT2D eigenvalue weighted by molar-refractivity contribution is 7.86. The van der Waals surface area contributed by atoms with Gasteiger partial charge in [0, 0.05) is 24.8 Å². The third kappa shape index (κ3) is 6.59. The number of aliphatic hydroxyl groups excluding tert-OH is 1. The molecule has 0 radical (unpaired) electrons. The number of methoxy groups -OCH3 is 1. The van der Waals surface area contributed by atoms with E-state index in [0.29, 0.717) is 11.1 Å². The highest BCUT2D eigenvalue weighted by Crippen LogP contribution is 2.26. The summed E-state index contributed by atoms with van der Waals surface area (Å²) in [6, 6.07) is 15.5. The van der Waals surface area contributed by atoms with E-state index in [2.05, 4.69) is 10.6 Å². The summed E-state index contributed by atoms with van der Waals surface area (Å²) in [6.45, 7) is -0.176. The zero-order valence-electron chi connectivity index (χ0n) is 18.1. The number of hydrogen-bond donors (Lipinski definition) is 3. The molecule has 3 rings (SSSR count). The summed E-state index contributed by atoms with van der Waals surface area (Å²) in [5.41, 5.74) is 0.725. The van der Waals surface area contributed by atoms with Crippen molar-refractivity contribution in [1.29, 1.82) is 0 Å². The first-order valence-electron chi connectivity index (χ1n) is 10.1. The molecule has 178 valence electrons. The van der Waals surface area contributed by atoms with E-state index in [1.54, 1.807) is 60.7 Å². The summed E-state index contributed by atoms with van der Waals surface area (Å²) in [5.74, 6) is -0.931. The lowest BCUT2D eigenvalue weighted by molar-refractivity contribution is -0.242. The fourth-order valence-corrected chi connectivity index (χ4v) is 4.18. The van der Waals surface area contributed by atoms with E-state index >= 15 is 0 Å². The molecule has 10 nitrogen and oxygen atoms in total. The first-order valence-corrected chi connectivity index (χ1v) is 11.9. The molecule has 1 heterocycles. The Morgan fingerprint density at radius 2 is 1.52 bits per heavy atom. The zero-order valence-corrected chi connectivity index (χ0v) is 18.9. The van der Waals surface area contributed by atoms with Gasteiger partial charge in [0.1, 0.15) is 24.4 Å². The molecule has 0 spiro atoms. The molecule has 5 atom stereocenters. The molecule has 1 aliphatic heterocycles. The highest BCUT2D eigenvalue weighted by atomic mass is 32.2. The van der Waals surface area contributed by atoms with E-state index in [1.807, 2.05) is 0 Å². The van der Waals surface area contributed by atoms with Crippen LogP contribution >= 0.6 is 0 Å². The van der Waals surface area contributed by atoms with Crippen molar-refractivity contribution in [3.63, 3.8) is 0 Å². The molecular formula is C22H26N2O8S. The number of carbonyl (C=O) groups is 2. The molecule has 0 aliphatic carbocycles. The van der Waals surface area contributed by atoms with Crippen LogP contribution < -0.4 is 10.6 Å². The fraction of sp³-hybridized carbons (Fsp3) is 0.364. The number of hydrogen-bond acceptors (Lipinski definition) is 8. The molecule has 0 saturated carbocycles. The normalized spacial score (nSPS) is 25.2. The molecule has 0 aromatic heterocycles. The Hall–Kier alpha value is -2.83. The number of rotatable bonds is 8. The van der Waals surface area contributed by atoms with Crippen LogP contribution in [0.5, 0.6) is 0 Å². The molecule has 33 heavy (non-hydrogen) atoms. The van der Waals surface area contributed by atoms with Crippen molar-refractivity contribution in [2.45, 2.75) is 30.6 Å². The van der Waals surface area contributed by atoms with Gasteiger partial charge in [0.2, 0.25) is 0 Å². The van der Waals surface area contributed by atoms with Crippen LogP contribution in [0.25, 0.3) is 0 Å². The summed E-state index contributed by atoms with van der Waals surface area (Å²) >= 11 is 0. The minimum absolute atomic E-state index is 0.176. The van der Waals surface area contributed by atoms with Crippen LogP contribution in [-0.4, -0.2) is 75.9 Å². The van der Waals surface area contributed by atoms with Gasteiger partial charge in [-0.1, -0.05) is 36.4 Å². The van der Waals surface area contributed by atoms with Gasteiger partial charge in [-0.05, 0) is 24.3 Å². The Kier molecular flexibility index (Phi) is 8.16. The molecule has 1 fully saturated rings. The summed E-state index contributed by atoms with van der Waals surface area (Å²) in [7, 11) is -2.68. The van der Waals surface area contributed by atoms with Gasteiger partial charge < -0.3 is 25.2 Å². The van der Waals surface area contributed by atoms with E-state index in [-0.39, 0.29) is 6.54 Å². The topological polar surface area (TPSA) is 140 Å². The van der Waals surface area contributed by atoms with Crippen molar-refractivity contribution >= 4 is 21.9 Å². The number of nitrogens with one attached hydrogen (secondary N) is 2. The standard InChI is InChI=1S/C22H26N2O8S/c1-30-19-17(24-21(26)15-11-7-4-8-12-15)22(27)31-16(18(19)32-33(2,28)29)13-23-20(25)14-9-5-3-6-10-14/h3-12,16-19,22,27H,13H2,1-2H3,(H,23,25)(H,24,26)/t16-,17-,18-,19-,22-/m1/s1. The summed E-state index contributed by atoms with van der Waals surface area (Å²) < 4.78 is 40.1. The van der Waals surface area contributed by atoms with Gasteiger partial charge >= 0.3 is 0 Å². The van der Waals surface area contributed by atoms with E-state index in [0.717, 1.165) is 6.26 Å². The van der Waals surface area contributed by atoms with Crippen molar-refractivity contribution in [1.82, 2.24) is 10.6 Å². The van der Waals surface area contributed by atoms with E-state index < -0.39 is 52.6 Å². The molecule has 3 N–H and O–H groups in total. The number of aliphatic hydroxyl groups is 1. The monoisotopic (exact) mass is 478 g/mol. The Morgan fingerprint density at radius 1 is 0.970 bits per heavy atom. The third-order valence-electron chi connectivity index (χ3n) is 5.06. The van der Waals surface area contributed by atoms with E-state index in [9.17, 15) is 23.1 Å². The number of carbonyl (C=O) groups excluding carboxylic acids is 2. The average molecular weight is 479 g/mol. The highest BCUT2D eigenvalue weighted by Gasteiger charge is 2.48. The Labute approximate surface area is 192 Å². The molecule has 0 bridgehead atoms. The number of amides is 2. The Morgan fingerprint density at radius 3 is 2.03 bits per heavy atom. The summed E-state index contributed by atoms with van der Waals surface area (Å²) in [6.07, 6.45) is -4.14. The molecule has 2 aromatic carbocycles. The molecule has 2 aromatic rings. The van der Waals surface area contributed by atoms with Crippen LogP contribution in [0, 0.1) is 0 Å². The number of benzene rings is 2. The maximum Gasteiger partial charge on any atom is 0.264 e. The zero-order chi connectivity index (χ0) is 24.0. The van der Waals surface area contributed by atoms with Gasteiger partial charge in [0.25, 0.3) is 21.9 Å². The minimum atomic E-state index is -3.98. The predicted molar refractivity (Wildman–Crippen MR) is 118 cm³/mol. The Balaban J connectivity index is 1.79. The van der Waals surface area contributed by atoms with Crippen LogP contribution in [0.3, 0.4) is 0 Å². The lowest BCUT2D eigenvalue weighted by Crippen LogP contribution is -2.66. The van der Waals surface area contributed by atoms with Gasteiger partial charge in [-0.2, -0.15) is 8.42 Å². The van der Waals surface area contributed by atoms with Crippen LogP contribution in [-0.2, 0) is 23.8 Å². The molecule has 1 aliphatic rings. The van der Waals surface area contributed by atoms with Crippen LogP contribution in [0.1, 0.15) is 20.7 Å². The molecular weight excluding hydrogens is 452 g/mol. The van der Waals surface area contributed by atoms with Gasteiger partial charge in [-0.25, -0.2) is 0 Å². The first kappa shape index (κ1) is 24.8. The second-order valence-corrected chi connectivity index (χ2v) is 9.07. The van der Waals surface area contributed by atoms with Crippen LogP contribution in [0.4, 0.5) is 0 Å². The largest absolute Gasteiger partial charge is 0.376 e. The molecule has 1 saturated heterocycles. The second kappa shape index (κ2) is 10.9. The average Bonchev–Trinajstić information content (AvgIpc) is 2.80. The molecule has 11 heteroatoms. The summed E-state index contributed by atoms with van der Waals surface area (Å²) in [4.78, 5) is 25.0. The quantitative estimate of drug-likeness (QED) is 0.460. The fourth-order valence-electron chi connectivity index (χ4n) is 3.55. The van der Waals surface area contributed by atoms with Crippen molar-refractivity contribution in [3.05, 3.63) is 71.8 Å².